The SMILES string of the molecule is [2H]C([2H])(O)[C@H]1[C@H]2C[C@H](CN(C(=O)OCC[Si](C)(C)C)C2([2H])[2H])N1C(=O)OC(C)(C)C. The Morgan fingerprint density at radius 2 is 1.96 bits per heavy atom. The first kappa shape index (κ1) is 15.7. The van der Waals surface area contributed by atoms with Crippen LogP contribution in [0, 0.1) is 5.92 Å². The summed E-state index contributed by atoms with van der Waals surface area (Å²) in [5.74, 6) is -1.13. The van der Waals surface area contributed by atoms with Crippen molar-refractivity contribution in [3.05, 3.63) is 0 Å². The van der Waals surface area contributed by atoms with Gasteiger partial charge in [0, 0.05) is 29.8 Å². The maximum Gasteiger partial charge on any atom is 0.410 e. The van der Waals surface area contributed by atoms with E-state index in [1.165, 1.54) is 0 Å². The summed E-state index contributed by atoms with van der Waals surface area (Å²) in [6.45, 7) is 6.23. The van der Waals surface area contributed by atoms with Gasteiger partial charge in [0.2, 0.25) is 0 Å². The standard InChI is InChI=1S/C18H34N2O5Si/c1-18(2,3)25-17(23)20-14-9-13(15(20)12-21)10-19(11-14)16(22)24-7-8-26(4,5)6/h13-15,21H,7-12H2,1-6H3/t13-,14+,15-/m0/s1/i10D2,12D2. The third-order valence-corrected chi connectivity index (χ3v) is 6.05. The number of aliphatic hydroxyl groups is 1. The molecule has 0 saturated carbocycles. The minimum atomic E-state index is -2.87. The zero-order chi connectivity index (χ0) is 23.3. The predicted molar refractivity (Wildman–Crippen MR) is 102 cm³/mol. The van der Waals surface area contributed by atoms with Crippen molar-refractivity contribution in [2.45, 2.75) is 70.6 Å². The van der Waals surface area contributed by atoms with Crippen LogP contribution in [0.2, 0.25) is 25.7 Å². The van der Waals surface area contributed by atoms with Gasteiger partial charge in [-0.05, 0) is 33.2 Å². The molecule has 2 saturated heterocycles. The number of amides is 2. The first-order valence-corrected chi connectivity index (χ1v) is 12.7. The fourth-order valence-corrected chi connectivity index (χ4v) is 3.80. The van der Waals surface area contributed by atoms with E-state index in [1.54, 1.807) is 20.8 Å². The maximum atomic E-state index is 12.8. The minimum Gasteiger partial charge on any atom is -0.450 e. The van der Waals surface area contributed by atoms with Crippen LogP contribution in [0.15, 0.2) is 0 Å². The Bertz CT molecular complexity index is 675. The van der Waals surface area contributed by atoms with E-state index >= 15 is 0 Å². The van der Waals surface area contributed by atoms with Crippen LogP contribution in [0.1, 0.15) is 32.7 Å². The molecule has 0 aromatic rings. The molecule has 0 aliphatic carbocycles. The van der Waals surface area contributed by atoms with Crippen LogP contribution in [-0.2, 0) is 9.47 Å². The van der Waals surface area contributed by atoms with Gasteiger partial charge in [-0.15, -0.1) is 0 Å². The topological polar surface area (TPSA) is 79.3 Å². The highest BCUT2D eigenvalue weighted by molar-refractivity contribution is 6.76. The number of likely N-dealkylation sites (tertiary alicyclic amines) is 2. The Labute approximate surface area is 163 Å². The lowest BCUT2D eigenvalue weighted by atomic mass is 9.95. The average molecular weight is 391 g/mol. The zero-order valence-electron chi connectivity index (χ0n) is 20.5. The van der Waals surface area contributed by atoms with E-state index in [0.29, 0.717) is 0 Å². The van der Waals surface area contributed by atoms with Crippen molar-refractivity contribution in [2.24, 2.45) is 5.92 Å². The molecule has 2 aliphatic heterocycles. The zero-order valence-corrected chi connectivity index (χ0v) is 17.5. The van der Waals surface area contributed by atoms with E-state index in [2.05, 4.69) is 19.6 Å². The number of ether oxygens (including phenoxy) is 2. The molecule has 2 heterocycles. The molecule has 0 spiro atoms. The lowest BCUT2D eigenvalue weighted by Gasteiger charge is -2.33. The van der Waals surface area contributed by atoms with Crippen LogP contribution in [0.3, 0.4) is 0 Å². The number of nitrogens with zero attached hydrogens (tertiary/aromatic N) is 2. The van der Waals surface area contributed by atoms with Gasteiger partial charge in [-0.3, -0.25) is 4.90 Å². The Hall–Kier alpha value is -1.28. The quantitative estimate of drug-likeness (QED) is 0.747. The van der Waals surface area contributed by atoms with Crippen molar-refractivity contribution in [3.8, 4) is 0 Å². The number of piperidine rings is 1. The molecule has 0 aromatic heterocycles. The van der Waals surface area contributed by atoms with Crippen LogP contribution in [-0.4, -0.2) is 79.1 Å². The monoisotopic (exact) mass is 390 g/mol. The normalized spacial score (nSPS) is 30.8. The van der Waals surface area contributed by atoms with Gasteiger partial charge < -0.3 is 19.5 Å². The number of rotatable bonds is 4. The lowest BCUT2D eigenvalue weighted by molar-refractivity contribution is 0.00777. The van der Waals surface area contributed by atoms with E-state index in [4.69, 9.17) is 15.0 Å². The van der Waals surface area contributed by atoms with Gasteiger partial charge in [-0.1, -0.05) is 19.6 Å². The molecular formula is C18H34N2O5Si. The maximum absolute atomic E-state index is 12.8. The molecule has 2 aliphatic rings. The largest absolute Gasteiger partial charge is 0.450 e. The van der Waals surface area contributed by atoms with Gasteiger partial charge >= 0.3 is 12.2 Å². The Kier molecular flexibility index (Phi) is 4.70. The summed E-state index contributed by atoms with van der Waals surface area (Å²) in [5.41, 5.74) is -0.852. The van der Waals surface area contributed by atoms with Crippen molar-refractivity contribution in [1.29, 1.82) is 0 Å². The van der Waals surface area contributed by atoms with E-state index in [-0.39, 0.29) is 19.6 Å². The third-order valence-electron chi connectivity index (χ3n) is 4.35. The van der Waals surface area contributed by atoms with Crippen LogP contribution in [0.25, 0.3) is 0 Å². The van der Waals surface area contributed by atoms with Gasteiger partial charge in [-0.25, -0.2) is 9.59 Å². The van der Waals surface area contributed by atoms with Crippen LogP contribution in [0.5, 0.6) is 0 Å². The number of hydrogen-bond acceptors (Lipinski definition) is 5. The number of carbonyl (C=O) groups is 2. The van der Waals surface area contributed by atoms with Crippen molar-refractivity contribution in [3.63, 3.8) is 0 Å². The molecule has 2 amide bonds. The van der Waals surface area contributed by atoms with Gasteiger partial charge in [0.15, 0.2) is 0 Å². The highest BCUT2D eigenvalue weighted by Gasteiger charge is 2.50. The molecule has 0 unspecified atom stereocenters. The van der Waals surface area contributed by atoms with E-state index in [0.717, 1.165) is 15.8 Å². The second kappa shape index (κ2) is 7.76. The second-order valence-electron chi connectivity index (χ2n) is 9.12. The molecule has 0 radical (unpaired) electrons. The highest BCUT2D eigenvalue weighted by Crippen LogP contribution is 2.36. The molecule has 2 bridgehead atoms. The van der Waals surface area contributed by atoms with Crippen LogP contribution >= 0.6 is 0 Å². The summed E-state index contributed by atoms with van der Waals surface area (Å²) in [6.07, 6.45) is -1.57. The summed E-state index contributed by atoms with van der Waals surface area (Å²) < 4.78 is 43.4. The Balaban J connectivity index is 2.29. The number of carbonyl (C=O) groups excluding carboxylic acids is 2. The minimum absolute atomic E-state index is 0.107. The Morgan fingerprint density at radius 3 is 2.50 bits per heavy atom. The second-order valence-corrected chi connectivity index (χ2v) is 14.7. The molecule has 8 heteroatoms. The van der Waals surface area contributed by atoms with E-state index in [9.17, 15) is 14.7 Å². The van der Waals surface area contributed by atoms with Gasteiger partial charge in [-0.2, -0.15) is 0 Å². The lowest BCUT2D eigenvalue weighted by Crippen LogP contribution is -2.48. The van der Waals surface area contributed by atoms with Crippen LogP contribution < -0.4 is 0 Å². The van der Waals surface area contributed by atoms with Gasteiger partial charge in [0.25, 0.3) is 0 Å². The summed E-state index contributed by atoms with van der Waals surface area (Å²) in [5, 5.41) is 10.2. The van der Waals surface area contributed by atoms with Gasteiger partial charge in [0.05, 0.1) is 28.0 Å². The molecule has 3 atom stereocenters. The third kappa shape index (κ3) is 5.36. The van der Waals surface area contributed by atoms with Crippen molar-refractivity contribution >= 4 is 20.3 Å². The van der Waals surface area contributed by atoms with Crippen LogP contribution in [0.4, 0.5) is 9.59 Å². The molecule has 7 nitrogen and oxygen atoms in total. The average Bonchev–Trinajstić information content (AvgIpc) is 2.85. The summed E-state index contributed by atoms with van der Waals surface area (Å²) >= 11 is 0. The van der Waals surface area contributed by atoms with Crippen molar-refractivity contribution in [1.82, 2.24) is 9.80 Å². The molecule has 2 fully saturated rings. The first-order valence-electron chi connectivity index (χ1n) is 11.0. The Morgan fingerprint density at radius 1 is 1.31 bits per heavy atom. The first-order chi connectivity index (χ1) is 13.3. The smallest absolute Gasteiger partial charge is 0.410 e. The molecule has 150 valence electrons. The fourth-order valence-electron chi connectivity index (χ4n) is 3.09. The van der Waals surface area contributed by atoms with Crippen molar-refractivity contribution < 1.29 is 29.7 Å². The number of fused-ring (bicyclic) bond motifs is 2. The molecule has 26 heavy (non-hydrogen) atoms. The number of hydrogen-bond donors (Lipinski definition) is 1. The molecule has 2 rings (SSSR count). The molecule has 1 N–H and O–H groups in total. The summed E-state index contributed by atoms with van der Waals surface area (Å²) in [7, 11) is -1.45. The molecular weight excluding hydrogens is 352 g/mol. The highest BCUT2D eigenvalue weighted by atomic mass is 28.3. The summed E-state index contributed by atoms with van der Waals surface area (Å²) in [6, 6.07) is -1.45. The van der Waals surface area contributed by atoms with E-state index < -0.39 is 56.9 Å². The fraction of sp³-hybridized carbons (Fsp3) is 0.889. The predicted octanol–water partition coefficient (Wildman–Crippen LogP) is 2.76. The van der Waals surface area contributed by atoms with E-state index in [1.807, 2.05) is 0 Å². The van der Waals surface area contributed by atoms with Gasteiger partial charge in [0.1, 0.15) is 5.60 Å². The summed E-state index contributed by atoms with van der Waals surface area (Å²) in [4.78, 5) is 27.4. The van der Waals surface area contributed by atoms with Crippen molar-refractivity contribution in [2.75, 3.05) is 26.2 Å². The molecule has 0 aromatic carbocycles.